The molecular formula is C12H18ClN3O. The number of rotatable bonds is 6. The fraction of sp³-hybridized carbons (Fsp3) is 0.417. The Kier molecular flexibility index (Phi) is 5.97. The zero-order valence-electron chi connectivity index (χ0n) is 9.95. The van der Waals surface area contributed by atoms with Gasteiger partial charge in [-0.15, -0.1) is 0 Å². The van der Waals surface area contributed by atoms with Crippen LogP contribution in [0, 0.1) is 0 Å². The minimum absolute atomic E-state index is 0.00380. The number of nitrogens with zero attached hydrogens (tertiary/aromatic N) is 1. The van der Waals surface area contributed by atoms with Crippen LogP contribution in [-0.2, 0) is 11.3 Å². The molecule has 0 atom stereocenters. The van der Waals surface area contributed by atoms with Crippen LogP contribution in [-0.4, -0.2) is 37.5 Å². The highest BCUT2D eigenvalue weighted by Gasteiger charge is 2.05. The first-order valence-electron chi connectivity index (χ1n) is 5.51. The summed E-state index contributed by atoms with van der Waals surface area (Å²) in [5.41, 5.74) is 6.43. The summed E-state index contributed by atoms with van der Waals surface area (Å²) in [5.74, 6) is -0.00380. The van der Waals surface area contributed by atoms with Gasteiger partial charge in [-0.1, -0.05) is 23.7 Å². The second-order valence-corrected chi connectivity index (χ2v) is 4.37. The molecule has 0 bridgehead atoms. The molecular weight excluding hydrogens is 238 g/mol. The standard InChI is InChI=1S/C12H18ClN3O/c1-16(7-6-14)9-12(17)15-8-10-2-4-11(13)5-3-10/h2-5H,6-9,14H2,1H3,(H,15,17). The zero-order valence-corrected chi connectivity index (χ0v) is 10.7. The molecule has 0 saturated heterocycles. The number of nitrogens with one attached hydrogen (secondary N) is 1. The van der Waals surface area contributed by atoms with Gasteiger partial charge in [0.2, 0.25) is 5.91 Å². The van der Waals surface area contributed by atoms with Gasteiger partial charge in [0.1, 0.15) is 0 Å². The molecule has 0 radical (unpaired) electrons. The quantitative estimate of drug-likeness (QED) is 0.792. The Labute approximate surface area is 107 Å². The molecule has 4 nitrogen and oxygen atoms in total. The van der Waals surface area contributed by atoms with Crippen molar-refractivity contribution in [2.75, 3.05) is 26.7 Å². The molecule has 0 aromatic heterocycles. The van der Waals surface area contributed by atoms with Crippen molar-refractivity contribution in [3.8, 4) is 0 Å². The van der Waals surface area contributed by atoms with Gasteiger partial charge in [0.05, 0.1) is 6.54 Å². The summed E-state index contributed by atoms with van der Waals surface area (Å²) in [6, 6.07) is 7.41. The predicted octanol–water partition coefficient (Wildman–Crippen LogP) is 0.847. The van der Waals surface area contributed by atoms with Gasteiger partial charge in [0, 0.05) is 24.7 Å². The zero-order chi connectivity index (χ0) is 12.7. The van der Waals surface area contributed by atoms with E-state index >= 15 is 0 Å². The van der Waals surface area contributed by atoms with Crippen molar-refractivity contribution in [1.82, 2.24) is 10.2 Å². The second kappa shape index (κ2) is 7.27. The Morgan fingerprint density at radius 2 is 2.06 bits per heavy atom. The summed E-state index contributed by atoms with van der Waals surface area (Å²) < 4.78 is 0. The van der Waals surface area contributed by atoms with E-state index in [0.717, 1.165) is 5.56 Å². The van der Waals surface area contributed by atoms with Gasteiger partial charge in [0.25, 0.3) is 0 Å². The molecule has 1 aromatic carbocycles. The largest absolute Gasteiger partial charge is 0.351 e. The molecule has 0 spiro atoms. The number of hydrogen-bond acceptors (Lipinski definition) is 3. The van der Waals surface area contributed by atoms with Gasteiger partial charge in [-0.25, -0.2) is 0 Å². The summed E-state index contributed by atoms with van der Waals surface area (Å²) >= 11 is 5.77. The van der Waals surface area contributed by atoms with Crippen LogP contribution in [0.15, 0.2) is 24.3 Å². The van der Waals surface area contributed by atoms with Gasteiger partial charge in [-0.05, 0) is 24.7 Å². The minimum atomic E-state index is -0.00380. The summed E-state index contributed by atoms with van der Waals surface area (Å²) in [4.78, 5) is 13.4. The fourth-order valence-corrected chi connectivity index (χ4v) is 1.53. The van der Waals surface area contributed by atoms with Crippen molar-refractivity contribution >= 4 is 17.5 Å². The second-order valence-electron chi connectivity index (χ2n) is 3.93. The third-order valence-corrected chi connectivity index (χ3v) is 2.58. The normalized spacial score (nSPS) is 10.6. The Balaban J connectivity index is 2.30. The highest BCUT2D eigenvalue weighted by atomic mass is 35.5. The smallest absolute Gasteiger partial charge is 0.234 e. The van der Waals surface area contributed by atoms with Gasteiger partial charge < -0.3 is 11.1 Å². The van der Waals surface area contributed by atoms with E-state index in [9.17, 15) is 4.79 Å². The maximum Gasteiger partial charge on any atom is 0.234 e. The van der Waals surface area contributed by atoms with Crippen molar-refractivity contribution in [1.29, 1.82) is 0 Å². The molecule has 0 unspecified atom stereocenters. The van der Waals surface area contributed by atoms with E-state index in [0.29, 0.717) is 31.2 Å². The third kappa shape index (κ3) is 5.68. The molecule has 1 amide bonds. The first-order chi connectivity index (χ1) is 8.11. The molecule has 94 valence electrons. The molecule has 0 aliphatic heterocycles. The predicted molar refractivity (Wildman–Crippen MR) is 69.9 cm³/mol. The van der Waals surface area contributed by atoms with E-state index in [1.165, 1.54) is 0 Å². The third-order valence-electron chi connectivity index (χ3n) is 2.33. The monoisotopic (exact) mass is 255 g/mol. The lowest BCUT2D eigenvalue weighted by atomic mass is 10.2. The van der Waals surface area contributed by atoms with E-state index in [4.69, 9.17) is 17.3 Å². The summed E-state index contributed by atoms with van der Waals surface area (Å²) in [6.45, 7) is 2.16. The number of benzene rings is 1. The van der Waals surface area contributed by atoms with Crippen LogP contribution in [0.1, 0.15) is 5.56 Å². The van der Waals surface area contributed by atoms with E-state index in [1.807, 2.05) is 36.2 Å². The Morgan fingerprint density at radius 1 is 1.41 bits per heavy atom. The van der Waals surface area contributed by atoms with Crippen LogP contribution in [0.2, 0.25) is 5.02 Å². The first kappa shape index (κ1) is 14.0. The minimum Gasteiger partial charge on any atom is -0.351 e. The molecule has 17 heavy (non-hydrogen) atoms. The van der Waals surface area contributed by atoms with Crippen LogP contribution >= 0.6 is 11.6 Å². The Hall–Kier alpha value is -1.10. The van der Waals surface area contributed by atoms with Crippen LogP contribution in [0.25, 0.3) is 0 Å². The van der Waals surface area contributed by atoms with Crippen LogP contribution in [0.3, 0.4) is 0 Å². The number of likely N-dealkylation sites (N-methyl/N-ethyl adjacent to an activating group) is 1. The van der Waals surface area contributed by atoms with Crippen LogP contribution in [0.4, 0.5) is 0 Å². The lowest BCUT2D eigenvalue weighted by molar-refractivity contribution is -0.122. The van der Waals surface area contributed by atoms with Crippen molar-refractivity contribution < 1.29 is 4.79 Å². The van der Waals surface area contributed by atoms with Gasteiger partial charge in [-0.3, -0.25) is 9.69 Å². The average molecular weight is 256 g/mol. The molecule has 3 N–H and O–H groups in total. The molecule has 1 rings (SSSR count). The summed E-state index contributed by atoms with van der Waals surface area (Å²) in [7, 11) is 1.87. The molecule has 5 heteroatoms. The van der Waals surface area contributed by atoms with Crippen LogP contribution < -0.4 is 11.1 Å². The maximum atomic E-state index is 11.5. The lowest BCUT2D eigenvalue weighted by Gasteiger charge is -2.14. The Bertz CT molecular complexity index is 353. The first-order valence-corrected chi connectivity index (χ1v) is 5.89. The number of nitrogens with two attached hydrogens (primary N) is 1. The van der Waals surface area contributed by atoms with Crippen molar-refractivity contribution in [2.24, 2.45) is 5.73 Å². The van der Waals surface area contributed by atoms with Crippen molar-refractivity contribution in [2.45, 2.75) is 6.54 Å². The molecule has 0 heterocycles. The molecule has 0 saturated carbocycles. The van der Waals surface area contributed by atoms with E-state index < -0.39 is 0 Å². The molecule has 0 aliphatic carbocycles. The van der Waals surface area contributed by atoms with E-state index in [-0.39, 0.29) is 5.91 Å². The molecule has 0 aliphatic rings. The SMILES string of the molecule is CN(CCN)CC(=O)NCc1ccc(Cl)cc1. The topological polar surface area (TPSA) is 58.4 Å². The van der Waals surface area contributed by atoms with Crippen LogP contribution in [0.5, 0.6) is 0 Å². The fourth-order valence-electron chi connectivity index (χ4n) is 1.40. The Morgan fingerprint density at radius 3 is 2.65 bits per heavy atom. The van der Waals surface area contributed by atoms with Gasteiger partial charge in [-0.2, -0.15) is 0 Å². The molecule has 1 aromatic rings. The molecule has 0 fully saturated rings. The van der Waals surface area contributed by atoms with Gasteiger partial charge >= 0.3 is 0 Å². The van der Waals surface area contributed by atoms with Crippen molar-refractivity contribution in [3.63, 3.8) is 0 Å². The number of halogens is 1. The van der Waals surface area contributed by atoms with Gasteiger partial charge in [0.15, 0.2) is 0 Å². The number of carbonyl (C=O) groups excluding carboxylic acids is 1. The highest BCUT2D eigenvalue weighted by molar-refractivity contribution is 6.30. The van der Waals surface area contributed by atoms with E-state index in [1.54, 1.807) is 0 Å². The summed E-state index contributed by atoms with van der Waals surface area (Å²) in [6.07, 6.45) is 0. The number of hydrogen-bond donors (Lipinski definition) is 2. The highest BCUT2D eigenvalue weighted by Crippen LogP contribution is 2.08. The maximum absolute atomic E-state index is 11.5. The average Bonchev–Trinajstić information content (AvgIpc) is 2.28. The van der Waals surface area contributed by atoms with E-state index in [2.05, 4.69) is 5.32 Å². The van der Waals surface area contributed by atoms with Crippen molar-refractivity contribution in [3.05, 3.63) is 34.9 Å². The number of carbonyl (C=O) groups is 1. The number of amides is 1. The lowest BCUT2D eigenvalue weighted by Crippen LogP contribution is -2.37. The summed E-state index contributed by atoms with van der Waals surface area (Å²) in [5, 5.41) is 3.54.